The lowest BCUT2D eigenvalue weighted by atomic mass is 9.68. The van der Waals surface area contributed by atoms with Gasteiger partial charge in [-0.15, -0.1) is 0 Å². The molecule has 3 atom stereocenters. The molecule has 7 rings (SSSR count). The lowest BCUT2D eigenvalue weighted by Crippen LogP contribution is -2.42. The second kappa shape index (κ2) is 8.33. The molecule has 1 aliphatic heterocycles. The molecular formula is C26H28F3N5O2. The molecule has 0 spiro atoms. The fourth-order valence-corrected chi connectivity index (χ4v) is 6.20. The number of hydrogen-bond acceptors (Lipinski definition) is 7. The highest BCUT2D eigenvalue weighted by atomic mass is 19.4. The lowest BCUT2D eigenvalue weighted by Gasteiger charge is -2.39. The summed E-state index contributed by atoms with van der Waals surface area (Å²) in [5.41, 5.74) is 2.31. The Labute approximate surface area is 206 Å². The maximum Gasteiger partial charge on any atom is 0.394 e. The van der Waals surface area contributed by atoms with Crippen LogP contribution in [0.2, 0.25) is 0 Å². The number of pyridine rings is 1. The van der Waals surface area contributed by atoms with Crippen LogP contribution in [0.1, 0.15) is 78.6 Å². The molecule has 4 heterocycles. The summed E-state index contributed by atoms with van der Waals surface area (Å²) in [4.78, 5) is 23.6. The van der Waals surface area contributed by atoms with Gasteiger partial charge in [0.25, 0.3) is 0 Å². The number of nitrogens with zero attached hydrogens (tertiary/aromatic N) is 5. The minimum atomic E-state index is -4.19. The Balaban J connectivity index is 1.38. The summed E-state index contributed by atoms with van der Waals surface area (Å²) in [6.45, 7) is 4.23. The molecule has 0 N–H and O–H groups in total. The molecule has 10 heteroatoms. The van der Waals surface area contributed by atoms with Gasteiger partial charge in [-0.1, -0.05) is 6.07 Å². The maximum absolute atomic E-state index is 13.8. The topological polar surface area (TPSA) is 82.9 Å². The van der Waals surface area contributed by atoms with Gasteiger partial charge in [-0.05, 0) is 57.9 Å². The zero-order valence-electron chi connectivity index (χ0n) is 20.5. The molecule has 0 radical (unpaired) electrons. The number of fused-ring (bicyclic) bond motifs is 2. The van der Waals surface area contributed by atoms with E-state index in [4.69, 9.17) is 24.4 Å². The van der Waals surface area contributed by atoms with Crippen molar-refractivity contribution >= 4 is 11.2 Å². The highest BCUT2D eigenvalue weighted by Crippen LogP contribution is 2.70. The van der Waals surface area contributed by atoms with Crippen LogP contribution in [0.15, 0.2) is 18.2 Å². The van der Waals surface area contributed by atoms with Crippen molar-refractivity contribution in [3.8, 4) is 5.88 Å². The Bertz CT molecular complexity index is 1320. The van der Waals surface area contributed by atoms with E-state index in [9.17, 15) is 13.2 Å². The fraction of sp³-hybridized carbons (Fsp3) is 0.577. The van der Waals surface area contributed by atoms with Gasteiger partial charge >= 0.3 is 6.18 Å². The van der Waals surface area contributed by atoms with Crippen LogP contribution in [0.25, 0.3) is 11.2 Å². The van der Waals surface area contributed by atoms with E-state index in [0.717, 1.165) is 17.1 Å². The van der Waals surface area contributed by atoms with E-state index >= 15 is 0 Å². The van der Waals surface area contributed by atoms with Crippen LogP contribution in [-0.2, 0) is 4.74 Å². The van der Waals surface area contributed by atoms with Gasteiger partial charge in [0, 0.05) is 24.5 Å². The van der Waals surface area contributed by atoms with Crippen LogP contribution < -0.4 is 4.74 Å². The number of rotatable bonds is 4. The first kappa shape index (κ1) is 23.5. The second-order valence-corrected chi connectivity index (χ2v) is 10.5. The van der Waals surface area contributed by atoms with Crippen molar-refractivity contribution in [2.24, 2.45) is 11.3 Å². The molecule has 3 aliphatic carbocycles. The molecule has 4 fully saturated rings. The number of aromatic nitrogens is 5. The van der Waals surface area contributed by atoms with Gasteiger partial charge in [0.1, 0.15) is 17.4 Å². The number of alkyl halides is 3. The molecule has 2 bridgehead atoms. The molecule has 0 unspecified atom stereocenters. The van der Waals surface area contributed by atoms with Gasteiger partial charge in [-0.2, -0.15) is 13.2 Å². The summed E-state index contributed by atoms with van der Waals surface area (Å²) in [7, 11) is 1.57. The van der Waals surface area contributed by atoms with E-state index in [-0.39, 0.29) is 43.1 Å². The molecule has 0 aromatic carbocycles. The SMILES string of the molecule is COc1cccc([C@H]2C[C@@H](c3nc([C@@H]4CC5(C(F)(F)F)CC4C5)c4nc(C)c(C)nc4n3)CCO2)n1. The molecule has 3 aromatic heterocycles. The number of halogens is 3. The van der Waals surface area contributed by atoms with Crippen molar-refractivity contribution < 1.29 is 22.6 Å². The van der Waals surface area contributed by atoms with E-state index in [1.165, 1.54) is 0 Å². The van der Waals surface area contributed by atoms with E-state index in [1.54, 1.807) is 13.2 Å². The first-order chi connectivity index (χ1) is 17.2. The lowest BCUT2D eigenvalue weighted by molar-refractivity contribution is -0.244. The highest BCUT2D eigenvalue weighted by molar-refractivity contribution is 5.74. The molecule has 7 nitrogen and oxygen atoms in total. The normalized spacial score (nSPS) is 29.8. The van der Waals surface area contributed by atoms with Crippen molar-refractivity contribution in [2.45, 2.75) is 70.1 Å². The standard InChI is InChI=1S/C26H28F3N5O2/c1-13-14(2)31-24-22(30-13)21(17-12-25(26(27,28)29)10-16(17)11-25)33-23(34-24)15-7-8-36-19(9-15)18-5-4-6-20(32-18)35-3/h4-6,15-17,19H,7-12H2,1-3H3/t15-,16?,17+,19+,25?/m0/s1. The third kappa shape index (κ3) is 3.72. The zero-order chi connectivity index (χ0) is 25.2. The van der Waals surface area contributed by atoms with Crippen molar-refractivity contribution in [1.29, 1.82) is 0 Å². The third-order valence-electron chi connectivity index (χ3n) is 8.36. The molecule has 3 aromatic rings. The molecule has 0 amide bonds. The summed E-state index contributed by atoms with van der Waals surface area (Å²) >= 11 is 0. The Kier molecular flexibility index (Phi) is 5.44. The van der Waals surface area contributed by atoms with E-state index in [2.05, 4.69) is 9.97 Å². The average Bonchev–Trinajstić information content (AvgIpc) is 3.42. The number of ether oxygens (including phenoxy) is 2. The van der Waals surface area contributed by atoms with Gasteiger partial charge in [-0.25, -0.2) is 24.9 Å². The van der Waals surface area contributed by atoms with E-state index < -0.39 is 11.6 Å². The second-order valence-electron chi connectivity index (χ2n) is 10.5. The number of hydrogen-bond donors (Lipinski definition) is 0. The summed E-state index contributed by atoms with van der Waals surface area (Å²) in [6, 6.07) is 5.57. The summed E-state index contributed by atoms with van der Waals surface area (Å²) in [6.07, 6.45) is -2.72. The Morgan fingerprint density at radius 2 is 1.78 bits per heavy atom. The molecule has 36 heavy (non-hydrogen) atoms. The van der Waals surface area contributed by atoms with Gasteiger partial charge in [0.2, 0.25) is 5.88 Å². The van der Waals surface area contributed by atoms with Gasteiger partial charge in [0.15, 0.2) is 5.65 Å². The predicted molar refractivity (Wildman–Crippen MR) is 125 cm³/mol. The minimum absolute atomic E-state index is 0.0312. The molecule has 4 aliphatic rings. The summed E-state index contributed by atoms with van der Waals surface area (Å²) in [5, 5.41) is 0. The van der Waals surface area contributed by atoms with Crippen molar-refractivity contribution in [3.05, 3.63) is 46.8 Å². The Morgan fingerprint density at radius 3 is 2.50 bits per heavy atom. The summed E-state index contributed by atoms with van der Waals surface area (Å²) in [5.74, 6) is 0.766. The van der Waals surface area contributed by atoms with Crippen LogP contribution >= 0.6 is 0 Å². The largest absolute Gasteiger partial charge is 0.481 e. The van der Waals surface area contributed by atoms with Crippen molar-refractivity contribution in [1.82, 2.24) is 24.9 Å². The van der Waals surface area contributed by atoms with Crippen LogP contribution in [0.5, 0.6) is 5.88 Å². The maximum atomic E-state index is 13.8. The van der Waals surface area contributed by atoms with Gasteiger partial charge < -0.3 is 9.47 Å². The monoisotopic (exact) mass is 499 g/mol. The Morgan fingerprint density at radius 1 is 1.00 bits per heavy atom. The van der Waals surface area contributed by atoms with Crippen molar-refractivity contribution in [2.75, 3.05) is 13.7 Å². The van der Waals surface area contributed by atoms with Crippen LogP contribution in [0.3, 0.4) is 0 Å². The van der Waals surface area contributed by atoms with E-state index in [1.807, 2.05) is 26.0 Å². The highest BCUT2D eigenvalue weighted by Gasteiger charge is 2.69. The van der Waals surface area contributed by atoms with Crippen LogP contribution in [-0.4, -0.2) is 44.8 Å². The first-order valence-corrected chi connectivity index (χ1v) is 12.4. The number of methoxy groups -OCH3 is 1. The van der Waals surface area contributed by atoms with Gasteiger partial charge in [-0.3, -0.25) is 0 Å². The molecular weight excluding hydrogens is 471 g/mol. The Hall–Kier alpha value is -2.88. The smallest absolute Gasteiger partial charge is 0.394 e. The molecule has 1 saturated heterocycles. The van der Waals surface area contributed by atoms with Crippen LogP contribution in [0.4, 0.5) is 13.2 Å². The molecule has 190 valence electrons. The minimum Gasteiger partial charge on any atom is -0.481 e. The van der Waals surface area contributed by atoms with E-state index in [0.29, 0.717) is 48.0 Å². The number of aryl methyl sites for hydroxylation is 2. The summed E-state index contributed by atoms with van der Waals surface area (Å²) < 4.78 is 52.8. The fourth-order valence-electron chi connectivity index (χ4n) is 6.20. The third-order valence-corrected chi connectivity index (χ3v) is 8.36. The quantitative estimate of drug-likeness (QED) is 0.467. The van der Waals surface area contributed by atoms with Crippen LogP contribution in [0, 0.1) is 25.2 Å². The average molecular weight is 500 g/mol. The van der Waals surface area contributed by atoms with Crippen molar-refractivity contribution in [3.63, 3.8) is 0 Å². The first-order valence-electron chi connectivity index (χ1n) is 12.4. The zero-order valence-corrected chi connectivity index (χ0v) is 20.5. The van der Waals surface area contributed by atoms with Gasteiger partial charge in [0.05, 0.1) is 35.3 Å². The predicted octanol–water partition coefficient (Wildman–Crippen LogP) is 5.52. The molecule has 3 saturated carbocycles.